The lowest BCUT2D eigenvalue weighted by molar-refractivity contribution is 0.00578. The molecule has 3 heterocycles. The molecule has 4 nitrogen and oxygen atoms in total. The summed E-state index contributed by atoms with van der Waals surface area (Å²) in [5, 5.41) is 4.61. The second kappa shape index (κ2) is 8.59. The zero-order chi connectivity index (χ0) is 27.9. The van der Waals surface area contributed by atoms with E-state index in [0.29, 0.717) is 0 Å². The van der Waals surface area contributed by atoms with Gasteiger partial charge in [0.05, 0.1) is 27.9 Å². The number of furan rings is 1. The maximum atomic E-state index is 6.67. The number of nitrogens with zero attached hydrogens (tertiary/aromatic N) is 1. The molecule has 1 fully saturated rings. The molecule has 1 saturated heterocycles. The fraction of sp³-hybridized carbons (Fsp3) is 0.167. The van der Waals surface area contributed by atoms with Crippen LogP contribution in [0.25, 0.3) is 60.6 Å². The average Bonchev–Trinajstić information content (AvgIpc) is 3.59. The molecule has 0 radical (unpaired) electrons. The van der Waals surface area contributed by atoms with E-state index in [1.54, 1.807) is 0 Å². The van der Waals surface area contributed by atoms with Crippen LogP contribution in [-0.2, 0) is 9.31 Å². The summed E-state index contributed by atoms with van der Waals surface area (Å²) in [6, 6.07) is 38.6. The predicted octanol–water partition coefficient (Wildman–Crippen LogP) is 8.65. The largest absolute Gasteiger partial charge is 0.494 e. The van der Waals surface area contributed by atoms with Crippen molar-refractivity contribution in [3.63, 3.8) is 0 Å². The van der Waals surface area contributed by atoms with Crippen LogP contribution in [0.1, 0.15) is 27.7 Å². The van der Waals surface area contributed by atoms with Crippen LogP contribution in [0.2, 0.25) is 0 Å². The second-order valence-corrected chi connectivity index (χ2v) is 12.1. The van der Waals surface area contributed by atoms with Gasteiger partial charge in [-0.05, 0) is 74.6 Å². The lowest BCUT2D eigenvalue weighted by atomic mass is 9.79. The number of aromatic nitrogens is 1. The van der Waals surface area contributed by atoms with E-state index in [4.69, 9.17) is 13.7 Å². The summed E-state index contributed by atoms with van der Waals surface area (Å²) in [7, 11) is -0.437. The first kappa shape index (κ1) is 24.5. The van der Waals surface area contributed by atoms with Crippen molar-refractivity contribution in [3.8, 4) is 16.8 Å². The van der Waals surface area contributed by atoms with Crippen molar-refractivity contribution in [3.05, 3.63) is 109 Å². The van der Waals surface area contributed by atoms with Crippen LogP contribution >= 0.6 is 0 Å². The molecule has 1 aliphatic heterocycles. The Kier molecular flexibility index (Phi) is 5.13. The monoisotopic (exact) mass is 535 g/mol. The molecule has 41 heavy (non-hydrogen) atoms. The van der Waals surface area contributed by atoms with Crippen LogP contribution in [0.15, 0.2) is 114 Å². The van der Waals surface area contributed by atoms with Crippen LogP contribution < -0.4 is 5.46 Å². The van der Waals surface area contributed by atoms with E-state index in [0.717, 1.165) is 44.1 Å². The smallest absolute Gasteiger partial charge is 0.454 e. The van der Waals surface area contributed by atoms with Gasteiger partial charge in [0.25, 0.3) is 0 Å². The van der Waals surface area contributed by atoms with Gasteiger partial charge in [0.2, 0.25) is 0 Å². The van der Waals surface area contributed by atoms with Gasteiger partial charge in [0.15, 0.2) is 5.58 Å². The van der Waals surface area contributed by atoms with Gasteiger partial charge in [-0.3, -0.25) is 0 Å². The Labute approximate surface area is 239 Å². The van der Waals surface area contributed by atoms with Gasteiger partial charge in [-0.1, -0.05) is 78.9 Å². The third kappa shape index (κ3) is 3.63. The van der Waals surface area contributed by atoms with Crippen LogP contribution in [0.5, 0.6) is 0 Å². The number of benzene rings is 5. The van der Waals surface area contributed by atoms with Crippen molar-refractivity contribution >= 4 is 56.3 Å². The number of fused-ring (bicyclic) bond motifs is 6. The normalized spacial score (nSPS) is 16.4. The Bertz CT molecular complexity index is 2100. The molecule has 8 rings (SSSR count). The van der Waals surface area contributed by atoms with Crippen molar-refractivity contribution in [2.75, 3.05) is 0 Å². The fourth-order valence-corrected chi connectivity index (χ4v) is 6.14. The minimum absolute atomic E-state index is 0.398. The molecule has 0 saturated carbocycles. The lowest BCUT2D eigenvalue weighted by Crippen LogP contribution is -2.41. The molecule has 7 aromatic rings. The molecule has 0 atom stereocenters. The van der Waals surface area contributed by atoms with Gasteiger partial charge in [0, 0.05) is 21.5 Å². The second-order valence-electron chi connectivity index (χ2n) is 12.1. The predicted molar refractivity (Wildman–Crippen MR) is 169 cm³/mol. The van der Waals surface area contributed by atoms with E-state index in [1.165, 1.54) is 21.9 Å². The number of hydrogen-bond donors (Lipinski definition) is 0. The first-order valence-corrected chi connectivity index (χ1v) is 14.2. The Hall–Kier alpha value is -4.32. The molecule has 0 spiro atoms. The molecular formula is C36H30BNO3. The highest BCUT2D eigenvalue weighted by atomic mass is 16.7. The van der Waals surface area contributed by atoms with Gasteiger partial charge < -0.3 is 18.3 Å². The highest BCUT2D eigenvalue weighted by Gasteiger charge is 2.51. The fourth-order valence-electron chi connectivity index (χ4n) is 6.14. The molecule has 0 N–H and O–H groups in total. The molecular weight excluding hydrogens is 505 g/mol. The zero-order valence-corrected chi connectivity index (χ0v) is 23.6. The number of para-hydroxylation sites is 2. The molecule has 5 heteroatoms. The summed E-state index contributed by atoms with van der Waals surface area (Å²) in [5.74, 6) is 0. The maximum absolute atomic E-state index is 6.67. The topological polar surface area (TPSA) is 36.5 Å². The van der Waals surface area contributed by atoms with E-state index in [1.807, 2.05) is 0 Å². The summed E-state index contributed by atoms with van der Waals surface area (Å²) in [4.78, 5) is 0. The van der Waals surface area contributed by atoms with Gasteiger partial charge in [0.1, 0.15) is 5.58 Å². The van der Waals surface area contributed by atoms with E-state index in [9.17, 15) is 0 Å². The van der Waals surface area contributed by atoms with Crippen molar-refractivity contribution < 1.29 is 13.7 Å². The Morgan fingerprint density at radius 2 is 1.27 bits per heavy atom. The highest BCUT2D eigenvalue weighted by molar-refractivity contribution is 6.62. The maximum Gasteiger partial charge on any atom is 0.494 e. The van der Waals surface area contributed by atoms with Crippen molar-refractivity contribution in [2.24, 2.45) is 0 Å². The van der Waals surface area contributed by atoms with Gasteiger partial charge in [-0.25, -0.2) is 0 Å². The van der Waals surface area contributed by atoms with Crippen LogP contribution in [0.4, 0.5) is 0 Å². The minimum atomic E-state index is -0.437. The van der Waals surface area contributed by atoms with Crippen molar-refractivity contribution in [1.82, 2.24) is 4.57 Å². The summed E-state index contributed by atoms with van der Waals surface area (Å²) >= 11 is 0. The van der Waals surface area contributed by atoms with Crippen LogP contribution in [0, 0.1) is 0 Å². The van der Waals surface area contributed by atoms with Crippen LogP contribution in [-0.4, -0.2) is 22.9 Å². The molecule has 0 unspecified atom stereocenters. The molecule has 0 bridgehead atoms. The SMILES string of the molecule is CC1(C)OB(c2ccc3c(c2)oc2c(-n4c5ccccc5c5cc(-c6ccccc6)ccc54)cccc23)OC1(C)C. The standard InChI is InChI=1S/C36H30BNO3/c1-35(2)36(3,4)41-37(40-35)25-18-19-27-28-14-10-16-32(34(28)39-33(27)22-25)38-30-15-9-8-13-26(30)29-21-24(17-20-31(29)38)23-11-6-5-7-12-23/h5-22H,1-4H3. The summed E-state index contributed by atoms with van der Waals surface area (Å²) in [6.45, 7) is 8.31. The third-order valence-electron chi connectivity index (χ3n) is 9.05. The molecule has 5 aromatic carbocycles. The average molecular weight is 535 g/mol. The number of rotatable bonds is 3. The van der Waals surface area contributed by atoms with Crippen molar-refractivity contribution in [2.45, 2.75) is 38.9 Å². The van der Waals surface area contributed by atoms with E-state index in [-0.39, 0.29) is 0 Å². The molecule has 2 aromatic heterocycles. The van der Waals surface area contributed by atoms with Crippen LogP contribution in [0.3, 0.4) is 0 Å². The Balaban J connectivity index is 1.32. The quantitative estimate of drug-likeness (QED) is 0.213. The first-order chi connectivity index (χ1) is 19.8. The number of hydrogen-bond acceptors (Lipinski definition) is 3. The zero-order valence-electron chi connectivity index (χ0n) is 23.6. The molecule has 200 valence electrons. The summed E-state index contributed by atoms with van der Waals surface area (Å²) in [6.07, 6.45) is 0. The van der Waals surface area contributed by atoms with Gasteiger partial charge >= 0.3 is 7.12 Å². The van der Waals surface area contributed by atoms with E-state index >= 15 is 0 Å². The first-order valence-electron chi connectivity index (χ1n) is 14.2. The Morgan fingerprint density at radius 1 is 0.561 bits per heavy atom. The van der Waals surface area contributed by atoms with Gasteiger partial charge in [-0.2, -0.15) is 0 Å². The lowest BCUT2D eigenvalue weighted by Gasteiger charge is -2.32. The minimum Gasteiger partial charge on any atom is -0.454 e. The van der Waals surface area contributed by atoms with Crippen molar-refractivity contribution in [1.29, 1.82) is 0 Å². The van der Waals surface area contributed by atoms with E-state index < -0.39 is 18.3 Å². The van der Waals surface area contributed by atoms with E-state index in [2.05, 4.69) is 141 Å². The molecule has 0 amide bonds. The third-order valence-corrected chi connectivity index (χ3v) is 9.05. The Morgan fingerprint density at radius 3 is 2.07 bits per heavy atom. The highest BCUT2D eigenvalue weighted by Crippen LogP contribution is 2.40. The summed E-state index contributed by atoms with van der Waals surface area (Å²) < 4.78 is 21.7. The molecule has 0 aliphatic carbocycles. The van der Waals surface area contributed by atoms with Gasteiger partial charge in [-0.15, -0.1) is 0 Å². The molecule has 1 aliphatic rings. The summed E-state index contributed by atoms with van der Waals surface area (Å²) in [5.41, 5.74) is 7.60.